The molecular formula is C15H12N4O3S2. The largest absolute Gasteiger partial charge is 0.325 e. The Hall–Kier alpha value is -2.52. The lowest BCUT2D eigenvalue weighted by atomic mass is 10.2. The fraction of sp³-hybridized carbons (Fsp3) is 0.133. The number of hydrogen-bond donors (Lipinski definition) is 1. The summed E-state index contributed by atoms with van der Waals surface area (Å²) in [4.78, 5) is 31.9. The smallest absolute Gasteiger partial charge is 0.271 e. The number of nitrogens with one attached hydrogen (secondary N) is 1. The maximum Gasteiger partial charge on any atom is 0.271 e. The van der Waals surface area contributed by atoms with Crippen LogP contribution in [0.2, 0.25) is 0 Å². The van der Waals surface area contributed by atoms with Gasteiger partial charge >= 0.3 is 0 Å². The van der Waals surface area contributed by atoms with Gasteiger partial charge in [-0.25, -0.2) is 9.97 Å². The van der Waals surface area contributed by atoms with Crippen molar-refractivity contribution in [1.29, 1.82) is 0 Å². The van der Waals surface area contributed by atoms with Gasteiger partial charge in [-0.2, -0.15) is 0 Å². The first-order valence-electron chi connectivity index (χ1n) is 6.95. The number of nitro benzene ring substituents is 1. The first-order chi connectivity index (χ1) is 11.5. The number of non-ortho nitro benzene ring substituents is 1. The highest BCUT2D eigenvalue weighted by Gasteiger charge is 2.18. The highest BCUT2D eigenvalue weighted by molar-refractivity contribution is 8.00. The third-order valence-corrected chi connectivity index (χ3v) is 5.14. The number of nitro groups is 1. The molecule has 3 rings (SSSR count). The van der Waals surface area contributed by atoms with Gasteiger partial charge in [0.2, 0.25) is 5.91 Å². The molecule has 122 valence electrons. The van der Waals surface area contributed by atoms with Crippen molar-refractivity contribution in [2.24, 2.45) is 0 Å². The van der Waals surface area contributed by atoms with E-state index in [0.29, 0.717) is 5.69 Å². The van der Waals surface area contributed by atoms with E-state index in [1.165, 1.54) is 47.6 Å². The molecule has 0 radical (unpaired) electrons. The summed E-state index contributed by atoms with van der Waals surface area (Å²) in [6, 6.07) is 7.78. The van der Waals surface area contributed by atoms with Crippen LogP contribution in [0.25, 0.3) is 10.2 Å². The number of rotatable bonds is 5. The molecule has 0 saturated heterocycles. The van der Waals surface area contributed by atoms with Gasteiger partial charge in [0.05, 0.1) is 10.2 Å². The van der Waals surface area contributed by atoms with E-state index in [4.69, 9.17) is 0 Å². The van der Waals surface area contributed by atoms with E-state index in [-0.39, 0.29) is 11.6 Å². The van der Waals surface area contributed by atoms with E-state index in [1.807, 2.05) is 11.4 Å². The van der Waals surface area contributed by atoms with Gasteiger partial charge in [0.15, 0.2) is 0 Å². The predicted octanol–water partition coefficient (Wildman–Crippen LogP) is 3.72. The molecule has 1 atom stereocenters. The van der Waals surface area contributed by atoms with Crippen molar-refractivity contribution in [3.05, 3.63) is 52.2 Å². The van der Waals surface area contributed by atoms with Crippen LogP contribution in [0, 0.1) is 10.1 Å². The van der Waals surface area contributed by atoms with Crippen LogP contribution in [0.3, 0.4) is 0 Å². The minimum absolute atomic E-state index is 0.0658. The Morgan fingerprint density at radius 3 is 3.00 bits per heavy atom. The van der Waals surface area contributed by atoms with Gasteiger partial charge < -0.3 is 5.32 Å². The van der Waals surface area contributed by atoms with Crippen LogP contribution >= 0.6 is 23.1 Å². The van der Waals surface area contributed by atoms with Crippen LogP contribution in [0.1, 0.15) is 6.92 Å². The molecule has 0 bridgehead atoms. The number of amides is 1. The Morgan fingerprint density at radius 1 is 1.38 bits per heavy atom. The van der Waals surface area contributed by atoms with Crippen molar-refractivity contribution in [2.45, 2.75) is 17.2 Å². The molecule has 7 nitrogen and oxygen atoms in total. The molecule has 24 heavy (non-hydrogen) atoms. The predicted molar refractivity (Wildman–Crippen MR) is 94.5 cm³/mol. The Labute approximate surface area is 145 Å². The Bertz CT molecular complexity index is 912. The molecule has 1 amide bonds. The maximum absolute atomic E-state index is 12.3. The van der Waals surface area contributed by atoms with Crippen LogP contribution in [0.4, 0.5) is 11.4 Å². The van der Waals surface area contributed by atoms with E-state index in [1.54, 1.807) is 13.0 Å². The normalized spacial score (nSPS) is 12.0. The molecule has 1 N–H and O–H groups in total. The molecule has 0 fully saturated rings. The lowest BCUT2D eigenvalue weighted by molar-refractivity contribution is -0.384. The second-order valence-corrected chi connectivity index (χ2v) is 7.10. The summed E-state index contributed by atoms with van der Waals surface area (Å²) in [5.41, 5.74) is 0.328. The van der Waals surface area contributed by atoms with E-state index < -0.39 is 10.2 Å². The standard InChI is InChI=1S/C15H12N4O3S2/c1-9(24-15-12-5-6-23-14(12)16-8-17-15)13(20)18-10-3-2-4-11(7-10)19(21)22/h2-9H,1H3,(H,18,20). The van der Waals surface area contributed by atoms with E-state index in [9.17, 15) is 14.9 Å². The van der Waals surface area contributed by atoms with Crippen LogP contribution in [-0.2, 0) is 4.79 Å². The van der Waals surface area contributed by atoms with Gasteiger partial charge in [-0.1, -0.05) is 17.8 Å². The molecule has 3 aromatic rings. The van der Waals surface area contributed by atoms with Gasteiger partial charge in [-0.15, -0.1) is 11.3 Å². The molecule has 1 unspecified atom stereocenters. The molecule has 1 aromatic carbocycles. The molecule has 0 aliphatic carbocycles. The Morgan fingerprint density at radius 2 is 2.21 bits per heavy atom. The topological polar surface area (TPSA) is 98.0 Å². The first-order valence-corrected chi connectivity index (χ1v) is 8.70. The molecule has 9 heteroatoms. The number of hydrogen-bond acceptors (Lipinski definition) is 7. The van der Waals surface area contributed by atoms with Crippen LogP contribution < -0.4 is 5.32 Å². The monoisotopic (exact) mass is 360 g/mol. The van der Waals surface area contributed by atoms with Gasteiger partial charge in [-0.05, 0) is 24.4 Å². The second-order valence-electron chi connectivity index (χ2n) is 4.88. The van der Waals surface area contributed by atoms with Gasteiger partial charge in [0, 0.05) is 23.2 Å². The van der Waals surface area contributed by atoms with Crippen molar-refractivity contribution in [1.82, 2.24) is 9.97 Å². The summed E-state index contributed by atoms with van der Waals surface area (Å²) in [6.45, 7) is 1.76. The van der Waals surface area contributed by atoms with Gasteiger partial charge in [-0.3, -0.25) is 14.9 Å². The number of carbonyl (C=O) groups is 1. The zero-order valence-electron chi connectivity index (χ0n) is 12.5. The minimum atomic E-state index is -0.498. The Balaban J connectivity index is 1.72. The molecule has 0 saturated carbocycles. The molecule has 0 aliphatic rings. The average molecular weight is 360 g/mol. The summed E-state index contributed by atoms with van der Waals surface area (Å²) in [7, 11) is 0. The number of aromatic nitrogens is 2. The van der Waals surface area contributed by atoms with Crippen molar-refractivity contribution in [3.63, 3.8) is 0 Å². The number of carbonyl (C=O) groups excluding carboxylic acids is 1. The van der Waals surface area contributed by atoms with Crippen molar-refractivity contribution < 1.29 is 9.72 Å². The first kappa shape index (κ1) is 16.3. The molecule has 2 aromatic heterocycles. The molecule has 2 heterocycles. The quantitative estimate of drug-likeness (QED) is 0.322. The van der Waals surface area contributed by atoms with Crippen molar-refractivity contribution in [2.75, 3.05) is 5.32 Å². The number of anilines is 1. The SMILES string of the molecule is CC(Sc1ncnc2sccc12)C(=O)Nc1cccc([N+](=O)[O-])c1. The zero-order valence-corrected chi connectivity index (χ0v) is 14.1. The van der Waals surface area contributed by atoms with Crippen LogP contribution in [0.15, 0.2) is 47.1 Å². The zero-order chi connectivity index (χ0) is 17.1. The number of benzene rings is 1. The second kappa shape index (κ2) is 6.93. The number of thioether (sulfide) groups is 1. The van der Waals surface area contributed by atoms with E-state index in [2.05, 4.69) is 15.3 Å². The summed E-state index contributed by atoms with van der Waals surface area (Å²) in [6.07, 6.45) is 1.48. The number of fused-ring (bicyclic) bond motifs is 1. The lowest BCUT2D eigenvalue weighted by Crippen LogP contribution is -2.22. The molecular weight excluding hydrogens is 348 g/mol. The fourth-order valence-electron chi connectivity index (χ4n) is 2.02. The third-order valence-electron chi connectivity index (χ3n) is 3.21. The lowest BCUT2D eigenvalue weighted by Gasteiger charge is -2.11. The van der Waals surface area contributed by atoms with Gasteiger partial charge in [0.25, 0.3) is 5.69 Å². The highest BCUT2D eigenvalue weighted by Crippen LogP contribution is 2.30. The van der Waals surface area contributed by atoms with Crippen LogP contribution in [-0.4, -0.2) is 26.0 Å². The number of nitrogens with zero attached hydrogens (tertiary/aromatic N) is 3. The van der Waals surface area contributed by atoms with Gasteiger partial charge in [0.1, 0.15) is 16.2 Å². The summed E-state index contributed by atoms with van der Waals surface area (Å²) >= 11 is 2.84. The Kier molecular flexibility index (Phi) is 4.72. The summed E-state index contributed by atoms with van der Waals surface area (Å²) < 4.78 is 0. The van der Waals surface area contributed by atoms with Crippen molar-refractivity contribution >= 4 is 50.6 Å². The van der Waals surface area contributed by atoms with E-state index in [0.717, 1.165) is 15.2 Å². The minimum Gasteiger partial charge on any atom is -0.325 e. The maximum atomic E-state index is 12.3. The highest BCUT2D eigenvalue weighted by atomic mass is 32.2. The molecule has 0 spiro atoms. The number of thiophene rings is 1. The van der Waals surface area contributed by atoms with E-state index >= 15 is 0 Å². The molecule has 0 aliphatic heterocycles. The fourth-order valence-corrected chi connectivity index (χ4v) is 3.72. The van der Waals surface area contributed by atoms with Crippen molar-refractivity contribution in [3.8, 4) is 0 Å². The van der Waals surface area contributed by atoms with Crippen LogP contribution in [0.5, 0.6) is 0 Å². The average Bonchev–Trinajstić information content (AvgIpc) is 3.04. The third kappa shape index (κ3) is 3.52. The summed E-state index contributed by atoms with van der Waals surface area (Å²) in [5, 5.41) is 16.7. The summed E-state index contributed by atoms with van der Waals surface area (Å²) in [5.74, 6) is -0.248.